The Morgan fingerprint density at radius 1 is 1.58 bits per heavy atom. The molecule has 0 aliphatic carbocycles. The lowest BCUT2D eigenvalue weighted by molar-refractivity contribution is -0.132. The normalized spacial score (nSPS) is 9.58. The zero-order valence-electron chi connectivity index (χ0n) is 6.80. The number of aromatic nitrogens is 1. The highest BCUT2D eigenvalue weighted by molar-refractivity contribution is 5.69. The minimum Gasteiger partial charge on any atom is -0.423 e. The molecule has 0 bridgehead atoms. The molecule has 0 aromatic carbocycles. The Kier molecular flexibility index (Phi) is 2.38. The molecule has 64 valence electrons. The van der Waals surface area contributed by atoms with E-state index in [1.54, 1.807) is 6.92 Å². The van der Waals surface area contributed by atoms with Crippen LogP contribution >= 0.6 is 0 Å². The van der Waals surface area contributed by atoms with E-state index < -0.39 is 11.8 Å². The Morgan fingerprint density at radius 2 is 2.25 bits per heavy atom. The van der Waals surface area contributed by atoms with Gasteiger partial charge >= 0.3 is 5.97 Å². The number of aryl methyl sites for hydroxylation is 1. The van der Waals surface area contributed by atoms with E-state index in [1.165, 1.54) is 13.1 Å². The second kappa shape index (κ2) is 3.30. The maximum Gasteiger partial charge on any atom is 0.308 e. The molecule has 3 nitrogen and oxygen atoms in total. The smallest absolute Gasteiger partial charge is 0.308 e. The monoisotopic (exact) mass is 169 g/mol. The molecule has 1 aromatic rings. The number of carbonyl (C=O) groups excluding carboxylic acids is 1. The molecule has 0 atom stereocenters. The number of carbonyl (C=O) groups is 1. The van der Waals surface area contributed by atoms with Gasteiger partial charge in [-0.1, -0.05) is 0 Å². The van der Waals surface area contributed by atoms with Gasteiger partial charge in [0.05, 0.1) is 6.20 Å². The fourth-order valence-electron chi connectivity index (χ4n) is 0.793. The lowest BCUT2D eigenvalue weighted by Crippen LogP contribution is -2.05. The summed E-state index contributed by atoms with van der Waals surface area (Å²) < 4.78 is 17.5. The van der Waals surface area contributed by atoms with Gasteiger partial charge in [0.15, 0.2) is 11.6 Å². The molecule has 0 aliphatic rings. The first kappa shape index (κ1) is 8.64. The average Bonchev–Trinajstić information content (AvgIpc) is 1.97. The highest BCUT2D eigenvalue weighted by Gasteiger charge is 2.08. The molecular weight excluding hydrogens is 161 g/mol. The van der Waals surface area contributed by atoms with Gasteiger partial charge in [-0.25, -0.2) is 4.39 Å². The van der Waals surface area contributed by atoms with Crippen molar-refractivity contribution in [3.05, 3.63) is 23.8 Å². The molecule has 4 heteroatoms. The van der Waals surface area contributed by atoms with Gasteiger partial charge in [-0.3, -0.25) is 9.78 Å². The van der Waals surface area contributed by atoms with Crippen LogP contribution < -0.4 is 4.74 Å². The Labute approximate surface area is 69.2 Å². The van der Waals surface area contributed by atoms with Crippen LogP contribution in [0, 0.1) is 12.7 Å². The van der Waals surface area contributed by atoms with E-state index in [0.29, 0.717) is 5.56 Å². The predicted molar refractivity (Wildman–Crippen MR) is 40.2 cm³/mol. The third-order valence-electron chi connectivity index (χ3n) is 1.28. The molecule has 0 spiro atoms. The molecule has 1 heterocycles. The summed E-state index contributed by atoms with van der Waals surface area (Å²) in [5.41, 5.74) is 0.505. The summed E-state index contributed by atoms with van der Waals surface area (Å²) >= 11 is 0. The highest BCUT2D eigenvalue weighted by Crippen LogP contribution is 2.19. The van der Waals surface area contributed by atoms with E-state index in [-0.39, 0.29) is 5.75 Å². The molecule has 0 fully saturated rings. The maximum absolute atomic E-state index is 12.9. The Balaban J connectivity index is 3.04. The van der Waals surface area contributed by atoms with Crippen molar-refractivity contribution in [2.24, 2.45) is 0 Å². The lowest BCUT2D eigenvalue weighted by Gasteiger charge is -2.04. The summed E-state index contributed by atoms with van der Waals surface area (Å²) in [4.78, 5) is 14.1. The molecule has 0 radical (unpaired) electrons. The number of pyridine rings is 1. The van der Waals surface area contributed by atoms with Crippen LogP contribution in [0.5, 0.6) is 5.75 Å². The van der Waals surface area contributed by atoms with Crippen molar-refractivity contribution in [1.82, 2.24) is 4.98 Å². The topological polar surface area (TPSA) is 39.2 Å². The largest absolute Gasteiger partial charge is 0.423 e. The zero-order valence-corrected chi connectivity index (χ0v) is 6.80. The number of rotatable bonds is 1. The second-order valence-corrected chi connectivity index (χ2v) is 2.36. The number of halogens is 1. The third-order valence-corrected chi connectivity index (χ3v) is 1.28. The number of hydrogen-bond donors (Lipinski definition) is 0. The van der Waals surface area contributed by atoms with Gasteiger partial charge in [0.1, 0.15) is 0 Å². The van der Waals surface area contributed by atoms with Crippen LogP contribution in [0.1, 0.15) is 12.5 Å². The molecule has 0 aliphatic heterocycles. The maximum atomic E-state index is 12.9. The molecular formula is C8H8FNO2. The summed E-state index contributed by atoms with van der Waals surface area (Å²) in [6.45, 7) is 2.84. The van der Waals surface area contributed by atoms with Crippen molar-refractivity contribution in [1.29, 1.82) is 0 Å². The number of esters is 1. The van der Waals surface area contributed by atoms with E-state index in [2.05, 4.69) is 9.72 Å². The van der Waals surface area contributed by atoms with Crippen molar-refractivity contribution in [3.63, 3.8) is 0 Å². The first-order chi connectivity index (χ1) is 5.61. The summed E-state index contributed by atoms with van der Waals surface area (Å²) in [6, 6.07) is 0. The Morgan fingerprint density at radius 3 is 2.75 bits per heavy atom. The summed E-state index contributed by atoms with van der Waals surface area (Å²) in [6.07, 6.45) is 2.44. The van der Waals surface area contributed by atoms with Gasteiger partial charge in [-0.15, -0.1) is 0 Å². The van der Waals surface area contributed by atoms with E-state index in [4.69, 9.17) is 0 Å². The standard InChI is InChI=1S/C8H8FNO2/c1-5-3-10-4-7(9)8(5)12-6(2)11/h3-4H,1-2H3. The van der Waals surface area contributed by atoms with Crippen LogP contribution in [0.2, 0.25) is 0 Å². The van der Waals surface area contributed by atoms with E-state index >= 15 is 0 Å². The summed E-state index contributed by atoms with van der Waals surface area (Å²) in [5.74, 6) is -1.20. The number of hydrogen-bond acceptors (Lipinski definition) is 3. The second-order valence-electron chi connectivity index (χ2n) is 2.36. The fourth-order valence-corrected chi connectivity index (χ4v) is 0.793. The van der Waals surface area contributed by atoms with Crippen molar-refractivity contribution < 1.29 is 13.9 Å². The predicted octanol–water partition coefficient (Wildman–Crippen LogP) is 1.45. The fraction of sp³-hybridized carbons (Fsp3) is 0.250. The van der Waals surface area contributed by atoms with Gasteiger partial charge in [-0.2, -0.15) is 0 Å². The van der Waals surface area contributed by atoms with Gasteiger partial charge in [0, 0.05) is 18.7 Å². The van der Waals surface area contributed by atoms with E-state index in [0.717, 1.165) is 6.20 Å². The van der Waals surface area contributed by atoms with Crippen molar-refractivity contribution in [2.45, 2.75) is 13.8 Å². The summed E-state index contributed by atoms with van der Waals surface area (Å²) in [7, 11) is 0. The van der Waals surface area contributed by atoms with Gasteiger partial charge < -0.3 is 4.74 Å². The third kappa shape index (κ3) is 1.78. The van der Waals surface area contributed by atoms with Gasteiger partial charge in [-0.05, 0) is 6.92 Å². The zero-order chi connectivity index (χ0) is 9.14. The number of ether oxygens (including phenoxy) is 1. The molecule has 12 heavy (non-hydrogen) atoms. The molecule has 1 aromatic heterocycles. The molecule has 0 saturated heterocycles. The van der Waals surface area contributed by atoms with Crippen molar-refractivity contribution in [2.75, 3.05) is 0 Å². The average molecular weight is 169 g/mol. The first-order valence-electron chi connectivity index (χ1n) is 3.40. The molecule has 0 saturated carbocycles. The van der Waals surface area contributed by atoms with Crippen LogP contribution in [0.25, 0.3) is 0 Å². The molecule has 0 N–H and O–H groups in total. The van der Waals surface area contributed by atoms with Crippen LogP contribution in [-0.2, 0) is 4.79 Å². The minimum absolute atomic E-state index is 0.0440. The quantitative estimate of drug-likeness (QED) is 0.597. The van der Waals surface area contributed by atoms with Crippen LogP contribution in [-0.4, -0.2) is 11.0 Å². The molecule has 0 unspecified atom stereocenters. The molecule has 0 amide bonds. The van der Waals surface area contributed by atoms with Crippen molar-refractivity contribution in [3.8, 4) is 5.75 Å². The number of nitrogens with zero attached hydrogens (tertiary/aromatic N) is 1. The lowest BCUT2D eigenvalue weighted by atomic mass is 10.3. The van der Waals surface area contributed by atoms with Gasteiger partial charge in [0.25, 0.3) is 0 Å². The van der Waals surface area contributed by atoms with Crippen LogP contribution in [0.3, 0.4) is 0 Å². The van der Waals surface area contributed by atoms with E-state index in [1.807, 2.05) is 0 Å². The van der Waals surface area contributed by atoms with Gasteiger partial charge in [0.2, 0.25) is 0 Å². The SMILES string of the molecule is CC(=O)Oc1c(C)cncc1F. The Hall–Kier alpha value is -1.45. The van der Waals surface area contributed by atoms with Crippen LogP contribution in [0.4, 0.5) is 4.39 Å². The molecule has 1 rings (SSSR count). The summed E-state index contributed by atoms with van der Waals surface area (Å²) in [5, 5.41) is 0. The van der Waals surface area contributed by atoms with Crippen LogP contribution in [0.15, 0.2) is 12.4 Å². The minimum atomic E-state index is -0.620. The highest BCUT2D eigenvalue weighted by atomic mass is 19.1. The first-order valence-corrected chi connectivity index (χ1v) is 3.40. The van der Waals surface area contributed by atoms with E-state index in [9.17, 15) is 9.18 Å². The Bertz CT molecular complexity index is 292. The van der Waals surface area contributed by atoms with Crippen molar-refractivity contribution >= 4 is 5.97 Å².